The van der Waals surface area contributed by atoms with Gasteiger partial charge in [-0.05, 0) is 105 Å². The lowest BCUT2D eigenvalue weighted by atomic mass is 9.50. The molecule has 2 nitrogen and oxygen atoms in total. The van der Waals surface area contributed by atoms with Crippen LogP contribution in [0.3, 0.4) is 0 Å². The number of nitrogens with one attached hydrogen (secondary N) is 1. The number of rotatable bonds is 6. The number of hydrogen-bond donors (Lipinski definition) is 2. The molecule has 4 rings (SSSR count). The predicted octanol–water partition coefficient (Wildman–Crippen LogP) is 6.13. The highest BCUT2D eigenvalue weighted by molar-refractivity contribution is 7.80. The second-order valence-corrected chi connectivity index (χ2v) is 11.3. The molecule has 1 aromatic carbocycles. The van der Waals surface area contributed by atoms with E-state index in [1.54, 1.807) is 5.56 Å². The molecule has 0 radical (unpaired) electrons. The molecular formula is C26H40N2S. The van der Waals surface area contributed by atoms with Crippen LogP contribution < -0.4 is 11.1 Å². The highest BCUT2D eigenvalue weighted by Crippen LogP contribution is 2.58. The molecule has 0 spiro atoms. The SMILES string of the molecule is CC12CCCC(c3ccccc3)(CC(CCC(=S)NC3CCC(CN)CC3)C1)C2. The van der Waals surface area contributed by atoms with Crippen molar-refractivity contribution in [3.05, 3.63) is 35.9 Å². The molecule has 3 aliphatic carbocycles. The second-order valence-electron chi connectivity index (χ2n) is 10.8. The van der Waals surface area contributed by atoms with Crippen LogP contribution >= 0.6 is 12.2 Å². The Bertz CT molecular complexity index is 681. The second kappa shape index (κ2) is 9.06. The minimum atomic E-state index is 0.410. The highest BCUT2D eigenvalue weighted by Gasteiger charge is 2.49. The average molecular weight is 413 g/mol. The Balaban J connectivity index is 1.34. The molecule has 160 valence electrons. The fourth-order valence-electron chi connectivity index (χ4n) is 7.06. The van der Waals surface area contributed by atoms with E-state index in [1.807, 2.05) is 0 Å². The Morgan fingerprint density at radius 1 is 1.07 bits per heavy atom. The van der Waals surface area contributed by atoms with Gasteiger partial charge in [-0.3, -0.25) is 0 Å². The van der Waals surface area contributed by atoms with E-state index in [0.29, 0.717) is 16.9 Å². The summed E-state index contributed by atoms with van der Waals surface area (Å²) < 4.78 is 0. The maximum atomic E-state index is 5.84. The van der Waals surface area contributed by atoms with Crippen LogP contribution in [0.2, 0.25) is 0 Å². The van der Waals surface area contributed by atoms with Crippen LogP contribution in [0.1, 0.15) is 89.5 Å². The first kappa shape index (κ1) is 21.3. The van der Waals surface area contributed by atoms with Gasteiger partial charge in [0.25, 0.3) is 0 Å². The molecule has 0 aromatic heterocycles. The number of hydrogen-bond acceptors (Lipinski definition) is 2. The Hall–Kier alpha value is -0.930. The molecule has 29 heavy (non-hydrogen) atoms. The summed E-state index contributed by atoms with van der Waals surface area (Å²) >= 11 is 5.78. The third-order valence-corrected chi connectivity index (χ3v) is 8.69. The van der Waals surface area contributed by atoms with Gasteiger partial charge in [0, 0.05) is 6.04 Å². The molecule has 3 heteroatoms. The first-order valence-electron chi connectivity index (χ1n) is 12.1. The van der Waals surface area contributed by atoms with E-state index in [2.05, 4.69) is 42.6 Å². The first-order valence-corrected chi connectivity index (χ1v) is 12.5. The van der Waals surface area contributed by atoms with E-state index in [1.165, 1.54) is 70.6 Å². The van der Waals surface area contributed by atoms with Gasteiger partial charge in [0.1, 0.15) is 0 Å². The fraction of sp³-hybridized carbons (Fsp3) is 0.731. The monoisotopic (exact) mass is 412 g/mol. The number of nitrogens with two attached hydrogens (primary N) is 1. The molecule has 2 bridgehead atoms. The molecule has 0 heterocycles. The van der Waals surface area contributed by atoms with E-state index in [9.17, 15) is 0 Å². The van der Waals surface area contributed by atoms with Gasteiger partial charge in [-0.15, -0.1) is 0 Å². The van der Waals surface area contributed by atoms with Crippen LogP contribution in [-0.2, 0) is 5.41 Å². The highest BCUT2D eigenvalue weighted by atomic mass is 32.1. The molecular weight excluding hydrogens is 372 g/mol. The summed E-state index contributed by atoms with van der Waals surface area (Å²) in [4.78, 5) is 1.11. The lowest BCUT2D eigenvalue weighted by Crippen LogP contribution is -2.45. The third-order valence-electron chi connectivity index (χ3n) is 8.37. The summed E-state index contributed by atoms with van der Waals surface area (Å²) in [5.74, 6) is 1.54. The summed E-state index contributed by atoms with van der Waals surface area (Å²) in [6.07, 6.45) is 15.6. The maximum Gasteiger partial charge on any atom is 0.0755 e. The molecule has 3 atom stereocenters. The summed E-state index contributed by atoms with van der Waals surface area (Å²) in [6.45, 7) is 3.41. The van der Waals surface area contributed by atoms with Crippen molar-refractivity contribution in [2.45, 2.75) is 95.4 Å². The van der Waals surface area contributed by atoms with Crippen molar-refractivity contribution in [3.8, 4) is 0 Å². The van der Waals surface area contributed by atoms with E-state index in [0.717, 1.165) is 29.8 Å². The molecule has 0 amide bonds. The smallest absolute Gasteiger partial charge is 0.0755 e. The standard InChI is InChI=1S/C26H40N2S/c1-25-14-5-15-26(19-25,22-6-3-2-4-7-22)17-21(16-25)10-13-24(29)28-23-11-8-20(18-27)9-12-23/h2-4,6-7,20-21,23H,5,8-19,27H2,1H3,(H,28,29). The van der Waals surface area contributed by atoms with Crippen LogP contribution in [0.25, 0.3) is 0 Å². The van der Waals surface area contributed by atoms with Gasteiger partial charge in [0.2, 0.25) is 0 Å². The van der Waals surface area contributed by atoms with Gasteiger partial charge < -0.3 is 11.1 Å². The van der Waals surface area contributed by atoms with E-state index in [4.69, 9.17) is 18.0 Å². The van der Waals surface area contributed by atoms with Gasteiger partial charge >= 0.3 is 0 Å². The topological polar surface area (TPSA) is 38.0 Å². The molecule has 3 aliphatic rings. The van der Waals surface area contributed by atoms with Gasteiger partial charge in [-0.25, -0.2) is 0 Å². The van der Waals surface area contributed by atoms with E-state index >= 15 is 0 Å². The predicted molar refractivity (Wildman–Crippen MR) is 127 cm³/mol. The minimum Gasteiger partial charge on any atom is -0.377 e. The molecule has 1 aromatic rings. The van der Waals surface area contributed by atoms with Crippen molar-refractivity contribution in [2.24, 2.45) is 23.0 Å². The van der Waals surface area contributed by atoms with Crippen LogP contribution in [0.15, 0.2) is 30.3 Å². The first-order chi connectivity index (χ1) is 14.0. The van der Waals surface area contributed by atoms with Crippen molar-refractivity contribution < 1.29 is 0 Å². The fourth-order valence-corrected chi connectivity index (χ4v) is 7.34. The van der Waals surface area contributed by atoms with Gasteiger partial charge in [-0.2, -0.15) is 0 Å². The summed E-state index contributed by atoms with van der Waals surface area (Å²) in [6, 6.07) is 12.0. The van der Waals surface area contributed by atoms with Crippen molar-refractivity contribution in [2.75, 3.05) is 6.54 Å². The average Bonchev–Trinajstić information content (AvgIpc) is 2.73. The summed E-state index contributed by atoms with van der Waals surface area (Å²) in [7, 11) is 0. The molecule has 3 saturated carbocycles. The van der Waals surface area contributed by atoms with Crippen LogP contribution in [-0.4, -0.2) is 17.6 Å². The van der Waals surface area contributed by atoms with Crippen molar-refractivity contribution in [1.29, 1.82) is 0 Å². The van der Waals surface area contributed by atoms with Crippen molar-refractivity contribution in [3.63, 3.8) is 0 Å². The number of fused-ring (bicyclic) bond motifs is 2. The minimum absolute atomic E-state index is 0.410. The van der Waals surface area contributed by atoms with Gasteiger partial charge in [-0.1, -0.05) is 55.9 Å². The van der Waals surface area contributed by atoms with Crippen LogP contribution in [0.4, 0.5) is 0 Å². The quantitative estimate of drug-likeness (QED) is 0.552. The molecule has 3 unspecified atom stereocenters. The third kappa shape index (κ3) is 5.05. The molecule has 3 fully saturated rings. The normalized spacial score (nSPS) is 37.1. The van der Waals surface area contributed by atoms with Gasteiger partial charge in [0.15, 0.2) is 0 Å². The van der Waals surface area contributed by atoms with Crippen molar-refractivity contribution >= 4 is 17.2 Å². The Morgan fingerprint density at radius 3 is 2.55 bits per heavy atom. The summed E-state index contributed by atoms with van der Waals surface area (Å²) in [5, 5.41) is 3.69. The number of benzene rings is 1. The zero-order chi connectivity index (χ0) is 20.3. The zero-order valence-corrected chi connectivity index (χ0v) is 19.1. The Labute approximate surface area is 183 Å². The Morgan fingerprint density at radius 2 is 1.83 bits per heavy atom. The van der Waals surface area contributed by atoms with Crippen molar-refractivity contribution in [1.82, 2.24) is 5.32 Å². The summed E-state index contributed by atoms with van der Waals surface area (Å²) in [5.41, 5.74) is 8.36. The lowest BCUT2D eigenvalue weighted by Gasteiger charge is -2.54. The van der Waals surface area contributed by atoms with Crippen LogP contribution in [0, 0.1) is 17.3 Å². The molecule has 0 saturated heterocycles. The lowest BCUT2D eigenvalue weighted by molar-refractivity contribution is 0.0274. The number of thiocarbonyl (C=S) groups is 1. The molecule has 0 aliphatic heterocycles. The molecule has 3 N–H and O–H groups in total. The Kier molecular flexibility index (Phi) is 6.65. The van der Waals surface area contributed by atoms with Crippen LogP contribution in [0.5, 0.6) is 0 Å². The maximum absolute atomic E-state index is 5.84. The van der Waals surface area contributed by atoms with Gasteiger partial charge in [0.05, 0.1) is 4.99 Å². The van der Waals surface area contributed by atoms with E-state index in [-0.39, 0.29) is 0 Å². The largest absolute Gasteiger partial charge is 0.377 e. The zero-order valence-electron chi connectivity index (χ0n) is 18.3. The van der Waals surface area contributed by atoms with E-state index < -0.39 is 0 Å².